The van der Waals surface area contributed by atoms with E-state index in [1.54, 1.807) is 0 Å². The minimum atomic E-state index is 0.150. The van der Waals surface area contributed by atoms with E-state index in [1.807, 2.05) is 0 Å². The van der Waals surface area contributed by atoms with Gasteiger partial charge in [-0.15, -0.1) is 0 Å². The van der Waals surface area contributed by atoms with Crippen LogP contribution < -0.4 is 10.5 Å². The smallest absolute Gasteiger partial charge is 0.119 e. The highest BCUT2D eigenvalue weighted by Gasteiger charge is 2.13. The van der Waals surface area contributed by atoms with Gasteiger partial charge in [-0.25, -0.2) is 0 Å². The van der Waals surface area contributed by atoms with Crippen molar-refractivity contribution in [1.29, 1.82) is 0 Å². The Labute approximate surface area is 131 Å². The van der Waals surface area contributed by atoms with E-state index in [-0.39, 0.29) is 6.04 Å². The van der Waals surface area contributed by atoms with Crippen LogP contribution in [0.5, 0.6) is 5.75 Å². The van der Waals surface area contributed by atoms with Crippen LogP contribution in [0.3, 0.4) is 0 Å². The minimum Gasteiger partial charge on any atom is -0.494 e. The number of hydrogen-bond acceptors (Lipinski definition) is 2. The highest BCUT2D eigenvalue weighted by Crippen LogP contribution is 2.26. The van der Waals surface area contributed by atoms with E-state index in [9.17, 15) is 0 Å². The van der Waals surface area contributed by atoms with Crippen molar-refractivity contribution in [1.82, 2.24) is 0 Å². The number of unbranched alkanes of at least 4 members (excludes halogenated alkanes) is 2. The number of ether oxygens (including phenoxy) is 1. The molecule has 0 fully saturated rings. The van der Waals surface area contributed by atoms with Crippen LogP contribution in [0, 0.1) is 5.92 Å². The summed E-state index contributed by atoms with van der Waals surface area (Å²) in [5.74, 6) is 1.71. The average Bonchev–Trinajstić information content (AvgIpc) is 2.52. The quantitative estimate of drug-likeness (QED) is 0.548. The fraction of sp³-hybridized carbons (Fsp3) is 0.684. The van der Waals surface area contributed by atoms with Crippen LogP contribution in [-0.4, -0.2) is 6.61 Å². The lowest BCUT2D eigenvalue weighted by molar-refractivity contribution is 0.309. The Hall–Kier alpha value is -1.02. The zero-order chi connectivity index (χ0) is 15.5. The van der Waals surface area contributed by atoms with E-state index in [0.717, 1.165) is 31.1 Å². The second-order valence-electron chi connectivity index (χ2n) is 6.03. The van der Waals surface area contributed by atoms with Gasteiger partial charge < -0.3 is 10.5 Å². The van der Waals surface area contributed by atoms with Crippen molar-refractivity contribution in [2.45, 2.75) is 71.8 Å². The molecule has 21 heavy (non-hydrogen) atoms. The largest absolute Gasteiger partial charge is 0.494 e. The molecule has 0 aliphatic heterocycles. The van der Waals surface area contributed by atoms with Crippen molar-refractivity contribution in [3.05, 3.63) is 29.8 Å². The summed E-state index contributed by atoms with van der Waals surface area (Å²) in [6.45, 7) is 7.51. The van der Waals surface area contributed by atoms with Crippen LogP contribution in [0.1, 0.15) is 77.3 Å². The number of nitrogens with two attached hydrogens (primary N) is 1. The van der Waals surface area contributed by atoms with Gasteiger partial charge >= 0.3 is 0 Å². The van der Waals surface area contributed by atoms with E-state index in [0.29, 0.717) is 0 Å². The summed E-state index contributed by atoms with van der Waals surface area (Å²) in [6, 6.07) is 8.50. The molecule has 0 aliphatic carbocycles. The minimum absolute atomic E-state index is 0.150. The molecule has 2 nitrogen and oxygen atoms in total. The highest BCUT2D eigenvalue weighted by atomic mass is 16.5. The van der Waals surface area contributed by atoms with Gasteiger partial charge in [0.25, 0.3) is 0 Å². The third-order valence-corrected chi connectivity index (χ3v) is 4.21. The Morgan fingerprint density at radius 3 is 2.24 bits per heavy atom. The van der Waals surface area contributed by atoms with Crippen molar-refractivity contribution < 1.29 is 4.74 Å². The highest BCUT2D eigenvalue weighted by molar-refractivity contribution is 5.29. The van der Waals surface area contributed by atoms with Crippen molar-refractivity contribution in [3.8, 4) is 5.75 Å². The van der Waals surface area contributed by atoms with Crippen LogP contribution in [0.4, 0.5) is 0 Å². The third-order valence-electron chi connectivity index (χ3n) is 4.21. The zero-order valence-electron chi connectivity index (χ0n) is 14.1. The molecule has 2 atom stereocenters. The Morgan fingerprint density at radius 1 is 1.00 bits per heavy atom. The van der Waals surface area contributed by atoms with E-state index < -0.39 is 0 Å². The van der Waals surface area contributed by atoms with Crippen molar-refractivity contribution >= 4 is 0 Å². The van der Waals surface area contributed by atoms with Crippen LogP contribution in [-0.2, 0) is 0 Å². The molecular weight excluding hydrogens is 258 g/mol. The maximum absolute atomic E-state index is 6.37. The summed E-state index contributed by atoms with van der Waals surface area (Å²) in [6.07, 6.45) is 8.48. The molecule has 2 heteroatoms. The second kappa shape index (κ2) is 10.7. The number of hydrogen-bond donors (Lipinski definition) is 1. The summed E-state index contributed by atoms with van der Waals surface area (Å²) < 4.78 is 5.70. The van der Waals surface area contributed by atoms with Gasteiger partial charge in [0.05, 0.1) is 6.61 Å². The van der Waals surface area contributed by atoms with Crippen LogP contribution in [0.2, 0.25) is 0 Å². The fourth-order valence-electron chi connectivity index (χ4n) is 2.62. The lowest BCUT2D eigenvalue weighted by Gasteiger charge is -2.20. The van der Waals surface area contributed by atoms with Crippen molar-refractivity contribution in [2.24, 2.45) is 11.7 Å². The molecule has 1 rings (SSSR count). The first kappa shape index (κ1) is 18.0. The van der Waals surface area contributed by atoms with Crippen LogP contribution >= 0.6 is 0 Å². The predicted molar refractivity (Wildman–Crippen MR) is 91.7 cm³/mol. The molecule has 2 unspecified atom stereocenters. The summed E-state index contributed by atoms with van der Waals surface area (Å²) in [4.78, 5) is 0. The Morgan fingerprint density at radius 2 is 1.67 bits per heavy atom. The van der Waals surface area contributed by atoms with Gasteiger partial charge in [0.1, 0.15) is 5.75 Å². The normalized spacial score (nSPS) is 13.9. The van der Waals surface area contributed by atoms with Gasteiger partial charge in [-0.05, 0) is 36.5 Å². The van der Waals surface area contributed by atoms with Crippen molar-refractivity contribution in [2.75, 3.05) is 6.61 Å². The van der Waals surface area contributed by atoms with Gasteiger partial charge in [0, 0.05) is 6.04 Å². The number of benzene rings is 1. The molecule has 1 aromatic rings. The molecule has 0 radical (unpaired) electrons. The first-order valence-electron chi connectivity index (χ1n) is 8.69. The molecule has 0 saturated carbocycles. The lowest BCUT2D eigenvalue weighted by Crippen LogP contribution is -2.15. The van der Waals surface area contributed by atoms with Gasteiger partial charge in [-0.3, -0.25) is 0 Å². The molecule has 0 bridgehead atoms. The Kier molecular flexibility index (Phi) is 9.16. The topological polar surface area (TPSA) is 35.2 Å². The maximum Gasteiger partial charge on any atom is 0.119 e. The van der Waals surface area contributed by atoms with Gasteiger partial charge in [0.15, 0.2) is 0 Å². The zero-order valence-corrected chi connectivity index (χ0v) is 14.1. The summed E-state index contributed by atoms with van der Waals surface area (Å²) in [5.41, 5.74) is 7.60. The first-order chi connectivity index (χ1) is 10.2. The molecule has 0 amide bonds. The van der Waals surface area contributed by atoms with Crippen LogP contribution in [0.25, 0.3) is 0 Å². The molecule has 0 heterocycles. The van der Waals surface area contributed by atoms with Crippen molar-refractivity contribution in [3.63, 3.8) is 0 Å². The van der Waals surface area contributed by atoms with Crippen LogP contribution in [0.15, 0.2) is 24.3 Å². The van der Waals surface area contributed by atoms with Gasteiger partial charge in [0.2, 0.25) is 0 Å². The Bertz CT molecular complexity index is 360. The third kappa shape index (κ3) is 6.99. The van der Waals surface area contributed by atoms with Gasteiger partial charge in [-0.2, -0.15) is 0 Å². The molecule has 2 N–H and O–H groups in total. The van der Waals surface area contributed by atoms with E-state index in [2.05, 4.69) is 45.0 Å². The average molecular weight is 291 g/mol. The van der Waals surface area contributed by atoms with E-state index in [4.69, 9.17) is 10.5 Å². The molecule has 0 saturated heterocycles. The molecule has 0 aliphatic rings. The Balaban J connectivity index is 2.47. The monoisotopic (exact) mass is 291 g/mol. The molecule has 1 aromatic carbocycles. The molecule has 0 spiro atoms. The predicted octanol–water partition coefficient (Wildman–Crippen LogP) is 5.47. The standard InChI is InChI=1S/C19H33NO/c1-4-7-9-16(6-3)15-19(20)17-10-12-18(13-11-17)21-14-8-5-2/h10-13,16,19H,4-9,14-15,20H2,1-3H3. The maximum atomic E-state index is 6.37. The van der Waals surface area contributed by atoms with E-state index in [1.165, 1.54) is 37.7 Å². The summed E-state index contributed by atoms with van der Waals surface area (Å²) in [5, 5.41) is 0. The first-order valence-corrected chi connectivity index (χ1v) is 8.69. The van der Waals surface area contributed by atoms with E-state index >= 15 is 0 Å². The summed E-state index contributed by atoms with van der Waals surface area (Å²) >= 11 is 0. The lowest BCUT2D eigenvalue weighted by atomic mass is 9.89. The molecule has 0 aromatic heterocycles. The summed E-state index contributed by atoms with van der Waals surface area (Å²) in [7, 11) is 0. The molecular formula is C19H33NO. The molecule has 120 valence electrons. The second-order valence-corrected chi connectivity index (χ2v) is 6.03. The van der Waals surface area contributed by atoms with Gasteiger partial charge in [-0.1, -0.05) is 65.0 Å². The number of rotatable bonds is 11. The fourth-order valence-corrected chi connectivity index (χ4v) is 2.62. The SMILES string of the molecule is CCCCOc1ccc(C(N)CC(CC)CCCC)cc1.